The van der Waals surface area contributed by atoms with Crippen LogP contribution in [0.25, 0.3) is 5.69 Å². The number of amides is 1. The molecule has 2 N–H and O–H groups in total. The highest BCUT2D eigenvalue weighted by Crippen LogP contribution is 2.33. The molecule has 2 heterocycles. The van der Waals surface area contributed by atoms with E-state index in [4.69, 9.17) is 0 Å². The van der Waals surface area contributed by atoms with Crippen LogP contribution < -0.4 is 10.6 Å². The van der Waals surface area contributed by atoms with Crippen molar-refractivity contribution in [3.8, 4) is 5.69 Å². The van der Waals surface area contributed by atoms with Crippen LogP contribution in [0.5, 0.6) is 0 Å². The van der Waals surface area contributed by atoms with E-state index in [0.717, 1.165) is 28.9 Å². The van der Waals surface area contributed by atoms with E-state index in [9.17, 15) is 18.0 Å². The van der Waals surface area contributed by atoms with E-state index in [2.05, 4.69) is 25.6 Å². The molecule has 4 rings (SSSR count). The summed E-state index contributed by atoms with van der Waals surface area (Å²) in [5.41, 5.74) is 2.92. The van der Waals surface area contributed by atoms with Gasteiger partial charge in [-0.3, -0.25) is 4.79 Å². The Hall–Kier alpha value is -4.21. The summed E-state index contributed by atoms with van der Waals surface area (Å²) in [5.74, 6) is -0.517. The molecule has 4 aromatic rings. The largest absolute Gasteiger partial charge is 0.416 e. The molecule has 0 saturated carbocycles. The van der Waals surface area contributed by atoms with Crippen molar-refractivity contribution in [2.45, 2.75) is 26.6 Å². The third-order valence-electron chi connectivity index (χ3n) is 5.17. The van der Waals surface area contributed by atoms with Crippen LogP contribution in [0.1, 0.15) is 32.7 Å². The van der Waals surface area contributed by atoms with Crippen molar-refractivity contribution in [1.82, 2.24) is 19.5 Å². The number of halogens is 3. The Labute approximate surface area is 193 Å². The average Bonchev–Trinajstić information content (AvgIpc) is 3.25. The van der Waals surface area contributed by atoms with Crippen molar-refractivity contribution in [2.75, 3.05) is 10.6 Å². The van der Waals surface area contributed by atoms with Gasteiger partial charge in [0.1, 0.15) is 6.33 Å². The van der Waals surface area contributed by atoms with Crippen LogP contribution in [-0.2, 0) is 12.7 Å². The van der Waals surface area contributed by atoms with E-state index in [1.165, 1.54) is 23.3 Å². The summed E-state index contributed by atoms with van der Waals surface area (Å²) in [4.78, 5) is 24.9. The number of rotatable bonds is 6. The third-order valence-corrected chi connectivity index (χ3v) is 5.17. The highest BCUT2D eigenvalue weighted by Gasteiger charge is 2.31. The molecular weight excluding hydrogens is 445 g/mol. The molecule has 174 valence electrons. The lowest BCUT2D eigenvalue weighted by molar-refractivity contribution is -0.137. The van der Waals surface area contributed by atoms with Crippen molar-refractivity contribution in [1.29, 1.82) is 0 Å². The molecule has 0 fully saturated rings. The van der Waals surface area contributed by atoms with Crippen LogP contribution >= 0.6 is 0 Å². The number of nitrogens with zero attached hydrogens (tertiary/aromatic N) is 4. The first-order chi connectivity index (χ1) is 16.2. The molecule has 0 aliphatic heterocycles. The minimum Gasteiger partial charge on any atom is -0.378 e. The van der Waals surface area contributed by atoms with Crippen LogP contribution in [0.15, 0.2) is 67.6 Å². The predicted molar refractivity (Wildman–Crippen MR) is 122 cm³/mol. The summed E-state index contributed by atoms with van der Waals surface area (Å²) in [6.07, 6.45) is 3.15. The van der Waals surface area contributed by atoms with Crippen molar-refractivity contribution >= 4 is 17.3 Å². The van der Waals surface area contributed by atoms with Crippen molar-refractivity contribution in [3.05, 3.63) is 95.6 Å². The zero-order valence-corrected chi connectivity index (χ0v) is 18.4. The van der Waals surface area contributed by atoms with Gasteiger partial charge in [-0.1, -0.05) is 6.07 Å². The van der Waals surface area contributed by atoms with Crippen LogP contribution in [0.3, 0.4) is 0 Å². The van der Waals surface area contributed by atoms with E-state index in [0.29, 0.717) is 17.8 Å². The maximum atomic E-state index is 13.5. The Bertz CT molecular complexity index is 1320. The smallest absolute Gasteiger partial charge is 0.378 e. The number of imidazole rings is 1. The molecule has 0 atom stereocenters. The fraction of sp³-hybridized carbons (Fsp3) is 0.167. The quantitative estimate of drug-likeness (QED) is 0.410. The van der Waals surface area contributed by atoms with Gasteiger partial charge in [-0.2, -0.15) is 13.2 Å². The summed E-state index contributed by atoms with van der Waals surface area (Å²) in [6.45, 7) is 4.07. The van der Waals surface area contributed by atoms with Crippen LogP contribution in [0.2, 0.25) is 0 Å². The van der Waals surface area contributed by atoms with Crippen molar-refractivity contribution in [3.63, 3.8) is 0 Å². The van der Waals surface area contributed by atoms with Gasteiger partial charge in [0, 0.05) is 29.7 Å². The maximum absolute atomic E-state index is 13.5. The number of hydrogen-bond acceptors (Lipinski definition) is 5. The van der Waals surface area contributed by atoms with E-state index in [-0.39, 0.29) is 11.4 Å². The maximum Gasteiger partial charge on any atom is 0.416 e. The second-order valence-electron chi connectivity index (χ2n) is 7.76. The highest BCUT2D eigenvalue weighted by molar-refractivity contribution is 6.04. The topological polar surface area (TPSA) is 84.7 Å². The number of aromatic nitrogens is 4. The van der Waals surface area contributed by atoms with Crippen molar-refractivity contribution < 1.29 is 18.0 Å². The number of anilines is 2. The summed E-state index contributed by atoms with van der Waals surface area (Å²) in [5, 5.41) is 5.77. The Morgan fingerprint density at radius 2 is 1.79 bits per heavy atom. The van der Waals surface area contributed by atoms with Gasteiger partial charge in [0.25, 0.3) is 5.91 Å². The van der Waals surface area contributed by atoms with Gasteiger partial charge in [0.05, 0.1) is 35.7 Å². The number of nitrogens with one attached hydrogen (secondary N) is 2. The lowest BCUT2D eigenvalue weighted by atomic mass is 10.0. The number of hydrogen-bond donors (Lipinski definition) is 2. The first-order valence-corrected chi connectivity index (χ1v) is 10.3. The molecule has 2 aromatic carbocycles. The SMILES string of the molecule is Cc1cn(-c2cc(NC(=O)c3ccc(C)c(CNc4cncnc4)c3)cc(C(F)(F)F)c2)cn1. The zero-order chi connectivity index (χ0) is 24.3. The van der Waals surface area contributed by atoms with Crippen molar-refractivity contribution in [2.24, 2.45) is 0 Å². The normalized spacial score (nSPS) is 11.3. The lowest BCUT2D eigenvalue weighted by Gasteiger charge is -2.14. The van der Waals surface area contributed by atoms with Gasteiger partial charge in [-0.05, 0) is 55.3 Å². The fourth-order valence-corrected chi connectivity index (χ4v) is 3.35. The number of benzene rings is 2. The molecule has 0 saturated heterocycles. The Kier molecular flexibility index (Phi) is 6.31. The van der Waals surface area contributed by atoms with E-state index < -0.39 is 17.6 Å². The van der Waals surface area contributed by atoms with Crippen LogP contribution in [-0.4, -0.2) is 25.4 Å². The van der Waals surface area contributed by atoms with E-state index in [1.54, 1.807) is 43.7 Å². The van der Waals surface area contributed by atoms with Gasteiger partial charge < -0.3 is 15.2 Å². The second kappa shape index (κ2) is 9.34. The minimum atomic E-state index is -4.57. The summed E-state index contributed by atoms with van der Waals surface area (Å²) >= 11 is 0. The first kappa shape index (κ1) is 23.0. The zero-order valence-electron chi connectivity index (χ0n) is 18.4. The molecule has 34 heavy (non-hydrogen) atoms. The molecule has 0 spiro atoms. The monoisotopic (exact) mass is 466 g/mol. The predicted octanol–water partition coefficient (Wildman–Crippen LogP) is 5.16. The highest BCUT2D eigenvalue weighted by atomic mass is 19.4. The summed E-state index contributed by atoms with van der Waals surface area (Å²) < 4.78 is 42.0. The third kappa shape index (κ3) is 5.40. The number of carbonyl (C=O) groups is 1. The molecule has 0 bridgehead atoms. The molecule has 7 nitrogen and oxygen atoms in total. The first-order valence-electron chi connectivity index (χ1n) is 10.3. The Morgan fingerprint density at radius 1 is 1.03 bits per heavy atom. The average molecular weight is 466 g/mol. The van der Waals surface area contributed by atoms with Gasteiger partial charge in [-0.15, -0.1) is 0 Å². The summed E-state index contributed by atoms with van der Waals surface area (Å²) in [6, 6.07) is 8.53. The lowest BCUT2D eigenvalue weighted by Crippen LogP contribution is -2.15. The second-order valence-corrected chi connectivity index (χ2v) is 7.76. The van der Waals surface area contributed by atoms with E-state index >= 15 is 0 Å². The van der Waals surface area contributed by atoms with Gasteiger partial charge in [-0.25, -0.2) is 15.0 Å². The number of aryl methyl sites for hydroxylation is 2. The minimum absolute atomic E-state index is 0.0304. The standard InChI is InChI=1S/C24H21F3N6O/c1-15-3-4-17(5-18(15)9-30-21-10-28-13-29-11-21)23(34)32-20-6-19(24(25,26)27)7-22(8-20)33-12-16(2)31-14-33/h3-8,10-14,30H,9H2,1-2H3,(H,32,34). The van der Waals surface area contributed by atoms with Crippen LogP contribution in [0, 0.1) is 13.8 Å². The number of carbonyl (C=O) groups excluding carboxylic acids is 1. The van der Waals surface area contributed by atoms with E-state index in [1.807, 2.05) is 6.92 Å². The fourth-order valence-electron chi connectivity index (χ4n) is 3.35. The Morgan fingerprint density at radius 3 is 2.47 bits per heavy atom. The molecular formula is C24H21F3N6O. The molecule has 0 radical (unpaired) electrons. The van der Waals surface area contributed by atoms with Crippen LogP contribution in [0.4, 0.5) is 24.5 Å². The van der Waals surface area contributed by atoms with Gasteiger partial charge >= 0.3 is 6.18 Å². The molecule has 0 aliphatic rings. The van der Waals surface area contributed by atoms with Gasteiger partial charge in [0.15, 0.2) is 0 Å². The number of alkyl halides is 3. The molecule has 1 amide bonds. The Balaban J connectivity index is 1.58. The molecule has 0 unspecified atom stereocenters. The molecule has 0 aliphatic carbocycles. The molecule has 10 heteroatoms. The summed E-state index contributed by atoms with van der Waals surface area (Å²) in [7, 11) is 0. The molecule has 2 aromatic heterocycles. The van der Waals surface area contributed by atoms with Gasteiger partial charge in [0.2, 0.25) is 0 Å².